The van der Waals surface area contributed by atoms with Crippen molar-refractivity contribution in [1.82, 2.24) is 10.3 Å². The van der Waals surface area contributed by atoms with Gasteiger partial charge in [0.15, 0.2) is 0 Å². The monoisotopic (exact) mass is 210 g/mol. The number of carbonyl (C=O) groups is 1. The lowest BCUT2D eigenvalue weighted by Crippen LogP contribution is -2.47. The SMILES string of the molecule is CCC1(C(=O)c2cscn2)CCCN1. The van der Waals surface area contributed by atoms with Crippen molar-refractivity contribution in [1.29, 1.82) is 0 Å². The minimum Gasteiger partial charge on any atom is -0.305 e. The van der Waals surface area contributed by atoms with Gasteiger partial charge in [0.25, 0.3) is 0 Å². The summed E-state index contributed by atoms with van der Waals surface area (Å²) >= 11 is 1.48. The van der Waals surface area contributed by atoms with Gasteiger partial charge in [-0.05, 0) is 25.8 Å². The first-order valence-corrected chi connectivity index (χ1v) is 5.91. The average molecular weight is 210 g/mol. The molecular weight excluding hydrogens is 196 g/mol. The highest BCUT2D eigenvalue weighted by atomic mass is 32.1. The lowest BCUT2D eigenvalue weighted by molar-refractivity contribution is 0.0859. The van der Waals surface area contributed by atoms with E-state index in [9.17, 15) is 4.79 Å². The largest absolute Gasteiger partial charge is 0.305 e. The van der Waals surface area contributed by atoms with Crippen molar-refractivity contribution in [3.63, 3.8) is 0 Å². The van der Waals surface area contributed by atoms with Gasteiger partial charge in [-0.3, -0.25) is 4.79 Å². The van der Waals surface area contributed by atoms with Crippen LogP contribution in [0, 0.1) is 0 Å². The maximum Gasteiger partial charge on any atom is 0.201 e. The number of rotatable bonds is 3. The normalized spacial score (nSPS) is 26.6. The van der Waals surface area contributed by atoms with Gasteiger partial charge in [-0.1, -0.05) is 6.92 Å². The predicted octanol–water partition coefficient (Wildman–Crippen LogP) is 1.86. The molecule has 0 radical (unpaired) electrons. The second-order valence-electron chi connectivity index (χ2n) is 3.67. The van der Waals surface area contributed by atoms with E-state index in [1.54, 1.807) is 5.51 Å². The van der Waals surface area contributed by atoms with E-state index in [0.717, 1.165) is 25.8 Å². The summed E-state index contributed by atoms with van der Waals surface area (Å²) in [5.41, 5.74) is 2.01. The maximum absolute atomic E-state index is 12.1. The Bertz CT molecular complexity index is 315. The molecule has 1 saturated heterocycles. The first-order valence-electron chi connectivity index (χ1n) is 4.96. The van der Waals surface area contributed by atoms with Gasteiger partial charge in [0.2, 0.25) is 5.78 Å². The molecule has 0 aliphatic carbocycles. The van der Waals surface area contributed by atoms with Gasteiger partial charge in [0.05, 0.1) is 11.0 Å². The van der Waals surface area contributed by atoms with Crippen molar-refractivity contribution in [2.75, 3.05) is 6.54 Å². The Labute approximate surface area is 87.6 Å². The van der Waals surface area contributed by atoms with E-state index in [0.29, 0.717) is 5.69 Å². The molecule has 1 N–H and O–H groups in total. The molecule has 76 valence electrons. The van der Waals surface area contributed by atoms with Crippen LogP contribution in [0.4, 0.5) is 0 Å². The quantitative estimate of drug-likeness (QED) is 0.774. The molecule has 1 aliphatic heterocycles. The van der Waals surface area contributed by atoms with Crippen molar-refractivity contribution in [3.8, 4) is 0 Å². The number of ketones is 1. The van der Waals surface area contributed by atoms with Crippen LogP contribution in [0.25, 0.3) is 0 Å². The third-order valence-electron chi connectivity index (χ3n) is 2.95. The molecule has 0 spiro atoms. The second kappa shape index (κ2) is 3.79. The summed E-state index contributed by atoms with van der Waals surface area (Å²) in [4.78, 5) is 16.2. The zero-order chi connectivity index (χ0) is 10.0. The Kier molecular flexibility index (Phi) is 2.65. The zero-order valence-corrected chi connectivity index (χ0v) is 9.06. The van der Waals surface area contributed by atoms with E-state index in [4.69, 9.17) is 0 Å². The van der Waals surface area contributed by atoms with Crippen molar-refractivity contribution in [2.45, 2.75) is 31.7 Å². The molecule has 14 heavy (non-hydrogen) atoms. The molecule has 1 aliphatic rings. The number of nitrogens with one attached hydrogen (secondary N) is 1. The van der Waals surface area contributed by atoms with Crippen LogP contribution in [0.3, 0.4) is 0 Å². The highest BCUT2D eigenvalue weighted by molar-refractivity contribution is 7.07. The molecule has 0 bridgehead atoms. The molecule has 1 fully saturated rings. The Balaban J connectivity index is 2.24. The van der Waals surface area contributed by atoms with Crippen LogP contribution in [0.5, 0.6) is 0 Å². The lowest BCUT2D eigenvalue weighted by atomic mass is 9.88. The molecule has 3 nitrogen and oxygen atoms in total. The number of carbonyl (C=O) groups excluding carboxylic acids is 1. The molecule has 0 saturated carbocycles. The number of hydrogen-bond donors (Lipinski definition) is 1. The maximum atomic E-state index is 12.1. The smallest absolute Gasteiger partial charge is 0.201 e. The summed E-state index contributed by atoms with van der Waals surface area (Å²) in [6.45, 7) is 3.01. The molecule has 1 unspecified atom stereocenters. The van der Waals surface area contributed by atoms with Crippen LogP contribution in [-0.2, 0) is 0 Å². The van der Waals surface area contributed by atoms with Gasteiger partial charge >= 0.3 is 0 Å². The van der Waals surface area contributed by atoms with Gasteiger partial charge in [-0.25, -0.2) is 4.98 Å². The van der Waals surface area contributed by atoms with E-state index in [1.807, 2.05) is 5.38 Å². The van der Waals surface area contributed by atoms with Crippen LogP contribution >= 0.6 is 11.3 Å². The minimum atomic E-state index is -0.325. The number of Topliss-reactive ketones (excluding diaryl/α,β-unsaturated/α-hetero) is 1. The predicted molar refractivity (Wildman–Crippen MR) is 56.7 cm³/mol. The molecule has 4 heteroatoms. The summed E-state index contributed by atoms with van der Waals surface area (Å²) in [6.07, 6.45) is 2.88. The van der Waals surface area contributed by atoms with Crippen LogP contribution in [0.2, 0.25) is 0 Å². The average Bonchev–Trinajstić information content (AvgIpc) is 2.89. The number of aromatic nitrogens is 1. The van der Waals surface area contributed by atoms with Crippen LogP contribution in [0.15, 0.2) is 10.9 Å². The summed E-state index contributed by atoms with van der Waals surface area (Å²) in [5, 5.41) is 5.16. The Morgan fingerprint density at radius 2 is 2.64 bits per heavy atom. The Hall–Kier alpha value is -0.740. The van der Waals surface area contributed by atoms with Crippen LogP contribution in [0.1, 0.15) is 36.7 Å². The Morgan fingerprint density at radius 3 is 3.14 bits per heavy atom. The first-order chi connectivity index (χ1) is 6.78. The van der Waals surface area contributed by atoms with Gasteiger partial charge in [0.1, 0.15) is 5.69 Å². The van der Waals surface area contributed by atoms with E-state index >= 15 is 0 Å². The fraction of sp³-hybridized carbons (Fsp3) is 0.600. The second-order valence-corrected chi connectivity index (χ2v) is 4.39. The zero-order valence-electron chi connectivity index (χ0n) is 8.25. The summed E-state index contributed by atoms with van der Waals surface area (Å²) in [6, 6.07) is 0. The standard InChI is InChI=1S/C10H14N2OS/c1-2-10(4-3-5-12-10)9(13)8-6-14-7-11-8/h6-7,12H,2-5H2,1H3. The highest BCUT2D eigenvalue weighted by Crippen LogP contribution is 2.27. The third kappa shape index (κ3) is 1.48. The van der Waals surface area contributed by atoms with Gasteiger partial charge in [-0.2, -0.15) is 0 Å². The number of nitrogens with zero attached hydrogens (tertiary/aromatic N) is 1. The van der Waals surface area contributed by atoms with Crippen molar-refractivity contribution < 1.29 is 4.79 Å². The molecule has 0 aromatic carbocycles. The highest BCUT2D eigenvalue weighted by Gasteiger charge is 2.40. The van der Waals surface area contributed by atoms with E-state index in [2.05, 4.69) is 17.2 Å². The number of hydrogen-bond acceptors (Lipinski definition) is 4. The number of thiazole rings is 1. The molecule has 1 atom stereocenters. The summed E-state index contributed by atoms with van der Waals surface area (Å²) in [7, 11) is 0. The molecule has 2 rings (SSSR count). The first kappa shape index (κ1) is 9.80. The summed E-state index contributed by atoms with van der Waals surface area (Å²) in [5.74, 6) is 0.166. The van der Waals surface area contributed by atoms with E-state index < -0.39 is 0 Å². The van der Waals surface area contributed by atoms with Crippen molar-refractivity contribution >= 4 is 17.1 Å². The fourth-order valence-electron chi connectivity index (χ4n) is 2.03. The molecule has 2 heterocycles. The van der Waals surface area contributed by atoms with Crippen LogP contribution < -0.4 is 5.32 Å². The van der Waals surface area contributed by atoms with Crippen molar-refractivity contribution in [2.24, 2.45) is 0 Å². The molecule has 1 aromatic rings. The lowest BCUT2D eigenvalue weighted by Gasteiger charge is -2.25. The van der Waals surface area contributed by atoms with Crippen molar-refractivity contribution in [3.05, 3.63) is 16.6 Å². The van der Waals surface area contributed by atoms with Gasteiger partial charge < -0.3 is 5.32 Å². The van der Waals surface area contributed by atoms with E-state index in [-0.39, 0.29) is 11.3 Å². The molecular formula is C10H14N2OS. The van der Waals surface area contributed by atoms with Gasteiger partial charge in [-0.15, -0.1) is 11.3 Å². The third-order valence-corrected chi connectivity index (χ3v) is 3.53. The van der Waals surface area contributed by atoms with Gasteiger partial charge in [0, 0.05) is 5.38 Å². The molecule has 1 aromatic heterocycles. The fourth-order valence-corrected chi connectivity index (χ4v) is 2.56. The minimum absolute atomic E-state index is 0.166. The molecule has 0 amide bonds. The summed E-state index contributed by atoms with van der Waals surface area (Å²) < 4.78 is 0. The Morgan fingerprint density at radius 1 is 1.79 bits per heavy atom. The van der Waals surface area contributed by atoms with Crippen LogP contribution in [-0.4, -0.2) is 22.9 Å². The topological polar surface area (TPSA) is 42.0 Å². The van der Waals surface area contributed by atoms with E-state index in [1.165, 1.54) is 11.3 Å².